The van der Waals surface area contributed by atoms with Crippen molar-refractivity contribution in [1.29, 1.82) is 0 Å². The number of sulfonamides is 1. The second kappa shape index (κ2) is 6.21. The minimum atomic E-state index is -3.59. The molecule has 0 aromatic heterocycles. The van der Waals surface area contributed by atoms with Gasteiger partial charge in [-0.1, -0.05) is 0 Å². The van der Waals surface area contributed by atoms with Crippen LogP contribution in [0.15, 0.2) is 29.2 Å². The van der Waals surface area contributed by atoms with Gasteiger partial charge < -0.3 is 14.6 Å². The van der Waals surface area contributed by atoms with Crippen molar-refractivity contribution in [2.45, 2.75) is 17.4 Å². The molecule has 20 heavy (non-hydrogen) atoms. The number of ether oxygens (including phenoxy) is 2. The van der Waals surface area contributed by atoms with Gasteiger partial charge in [0.1, 0.15) is 5.75 Å². The van der Waals surface area contributed by atoms with Crippen LogP contribution in [0.1, 0.15) is 6.42 Å². The summed E-state index contributed by atoms with van der Waals surface area (Å²) in [5.74, 6) is -0.792. The predicted octanol–water partition coefficient (Wildman–Crippen LogP) is 0.217. The second-order valence-electron chi connectivity index (χ2n) is 4.34. The molecule has 7 nitrogen and oxygen atoms in total. The number of rotatable bonds is 6. The van der Waals surface area contributed by atoms with Gasteiger partial charge in [-0.2, -0.15) is 0 Å². The lowest BCUT2D eigenvalue weighted by atomic mass is 10.3. The monoisotopic (exact) mass is 301 g/mol. The van der Waals surface area contributed by atoms with Crippen molar-refractivity contribution in [3.05, 3.63) is 24.3 Å². The molecule has 1 fully saturated rings. The minimum Gasteiger partial charge on any atom is -0.482 e. The Kier molecular flexibility index (Phi) is 4.58. The van der Waals surface area contributed by atoms with Gasteiger partial charge in [-0.05, 0) is 30.7 Å². The van der Waals surface area contributed by atoms with Gasteiger partial charge in [0.2, 0.25) is 10.0 Å². The fourth-order valence-corrected chi connectivity index (χ4v) is 3.03. The normalized spacial score (nSPS) is 18.9. The summed E-state index contributed by atoms with van der Waals surface area (Å²) in [4.78, 5) is 10.5. The Morgan fingerprint density at radius 3 is 2.65 bits per heavy atom. The fraction of sp³-hybridized carbons (Fsp3) is 0.417. The van der Waals surface area contributed by atoms with Crippen LogP contribution in [0.25, 0.3) is 0 Å². The largest absolute Gasteiger partial charge is 0.482 e. The van der Waals surface area contributed by atoms with Crippen LogP contribution in [-0.4, -0.2) is 45.4 Å². The Morgan fingerprint density at radius 1 is 1.40 bits per heavy atom. The predicted molar refractivity (Wildman–Crippen MR) is 69.1 cm³/mol. The van der Waals surface area contributed by atoms with Crippen molar-refractivity contribution in [1.82, 2.24) is 4.72 Å². The Morgan fingerprint density at radius 2 is 2.10 bits per heavy atom. The van der Waals surface area contributed by atoms with Crippen LogP contribution in [-0.2, 0) is 19.6 Å². The van der Waals surface area contributed by atoms with Gasteiger partial charge in [0.25, 0.3) is 0 Å². The van der Waals surface area contributed by atoms with Crippen LogP contribution in [0.5, 0.6) is 5.75 Å². The molecule has 1 unspecified atom stereocenters. The number of nitrogens with one attached hydrogen (secondary N) is 1. The summed E-state index contributed by atoms with van der Waals surface area (Å²) in [7, 11) is -3.59. The van der Waals surface area contributed by atoms with Crippen LogP contribution >= 0.6 is 0 Å². The first-order valence-electron chi connectivity index (χ1n) is 6.02. The molecule has 1 aromatic carbocycles. The fourth-order valence-electron chi connectivity index (χ4n) is 1.78. The third kappa shape index (κ3) is 3.92. The van der Waals surface area contributed by atoms with Crippen molar-refractivity contribution in [3.63, 3.8) is 0 Å². The van der Waals surface area contributed by atoms with Gasteiger partial charge in [-0.3, -0.25) is 0 Å². The van der Waals surface area contributed by atoms with E-state index in [9.17, 15) is 13.2 Å². The Hall–Kier alpha value is -1.64. The lowest BCUT2D eigenvalue weighted by Gasteiger charge is -2.11. The van der Waals surface area contributed by atoms with E-state index < -0.39 is 22.6 Å². The summed E-state index contributed by atoms with van der Waals surface area (Å²) in [6.07, 6.45) is 0.652. The maximum atomic E-state index is 12.1. The molecule has 1 atom stereocenters. The smallest absolute Gasteiger partial charge is 0.341 e. The highest BCUT2D eigenvalue weighted by Crippen LogP contribution is 2.17. The van der Waals surface area contributed by atoms with Crippen LogP contribution in [0.3, 0.4) is 0 Å². The molecule has 0 saturated carbocycles. The minimum absolute atomic E-state index is 0.104. The molecule has 2 N–H and O–H groups in total. The quantitative estimate of drug-likeness (QED) is 0.779. The molecule has 8 heteroatoms. The average Bonchev–Trinajstić information content (AvgIpc) is 2.89. The molecule has 0 radical (unpaired) electrons. The number of carboxylic acid groups (broad SMARTS) is 1. The first-order chi connectivity index (χ1) is 9.47. The lowest BCUT2D eigenvalue weighted by molar-refractivity contribution is -0.139. The molecule has 0 amide bonds. The molecule has 1 aliphatic rings. The third-order valence-corrected chi connectivity index (χ3v) is 4.28. The van der Waals surface area contributed by atoms with E-state index in [4.69, 9.17) is 14.6 Å². The summed E-state index contributed by atoms with van der Waals surface area (Å²) in [6.45, 7) is 0.456. The van der Waals surface area contributed by atoms with E-state index in [2.05, 4.69) is 4.72 Å². The van der Waals surface area contributed by atoms with Crippen LogP contribution < -0.4 is 9.46 Å². The van der Waals surface area contributed by atoms with Crippen LogP contribution in [0, 0.1) is 0 Å². The van der Waals surface area contributed by atoms with Crippen molar-refractivity contribution in [3.8, 4) is 5.75 Å². The Labute approximate surface area is 116 Å². The molecule has 1 aromatic rings. The van der Waals surface area contributed by atoms with E-state index in [0.29, 0.717) is 25.4 Å². The van der Waals surface area contributed by atoms with E-state index >= 15 is 0 Å². The SMILES string of the molecule is O=C(O)COc1ccc(S(=O)(=O)NC2CCOC2)cc1. The molecular weight excluding hydrogens is 286 g/mol. The number of carbonyl (C=O) groups is 1. The standard InChI is InChI=1S/C12H15NO6S/c14-12(15)8-19-10-1-3-11(4-2-10)20(16,17)13-9-5-6-18-7-9/h1-4,9,13H,5-8H2,(H,14,15). The summed E-state index contributed by atoms with van der Waals surface area (Å²) < 4.78 is 36.7. The van der Waals surface area contributed by atoms with E-state index in [0.717, 1.165) is 0 Å². The lowest BCUT2D eigenvalue weighted by Crippen LogP contribution is -2.34. The second-order valence-corrected chi connectivity index (χ2v) is 6.05. The van der Waals surface area contributed by atoms with Crippen LogP contribution in [0.2, 0.25) is 0 Å². The van der Waals surface area contributed by atoms with Gasteiger partial charge in [0, 0.05) is 12.6 Å². The third-order valence-electron chi connectivity index (χ3n) is 2.75. The van der Waals surface area contributed by atoms with Gasteiger partial charge in [-0.25, -0.2) is 17.9 Å². The van der Waals surface area contributed by atoms with Crippen molar-refractivity contribution >= 4 is 16.0 Å². The highest BCUT2D eigenvalue weighted by molar-refractivity contribution is 7.89. The van der Waals surface area contributed by atoms with E-state index in [1.54, 1.807) is 0 Å². The highest BCUT2D eigenvalue weighted by atomic mass is 32.2. The topological polar surface area (TPSA) is 102 Å². The van der Waals surface area contributed by atoms with Crippen molar-refractivity contribution < 1.29 is 27.8 Å². The number of hydrogen-bond acceptors (Lipinski definition) is 5. The first kappa shape index (κ1) is 14.8. The Balaban J connectivity index is 2.02. The molecule has 0 spiro atoms. The van der Waals surface area contributed by atoms with Gasteiger partial charge in [0.15, 0.2) is 6.61 Å². The summed E-state index contributed by atoms with van der Waals surface area (Å²) in [5.41, 5.74) is 0. The Bertz CT molecular complexity index is 562. The number of hydrogen-bond donors (Lipinski definition) is 2. The molecule has 1 aliphatic heterocycles. The molecule has 0 aliphatic carbocycles. The maximum absolute atomic E-state index is 12.1. The zero-order valence-electron chi connectivity index (χ0n) is 10.6. The molecule has 1 heterocycles. The van der Waals surface area contributed by atoms with Gasteiger partial charge in [0.05, 0.1) is 11.5 Å². The number of aliphatic carboxylic acids is 1. The zero-order valence-corrected chi connectivity index (χ0v) is 11.4. The zero-order chi connectivity index (χ0) is 14.6. The van der Waals surface area contributed by atoms with Gasteiger partial charge >= 0.3 is 5.97 Å². The summed E-state index contributed by atoms with van der Waals surface area (Å²) in [6, 6.07) is 5.37. The van der Waals surface area contributed by atoms with E-state index in [1.165, 1.54) is 24.3 Å². The molecule has 110 valence electrons. The molecule has 0 bridgehead atoms. The van der Waals surface area contributed by atoms with Crippen molar-refractivity contribution in [2.75, 3.05) is 19.8 Å². The first-order valence-corrected chi connectivity index (χ1v) is 7.50. The highest BCUT2D eigenvalue weighted by Gasteiger charge is 2.23. The summed E-state index contributed by atoms with van der Waals surface area (Å²) in [5, 5.41) is 8.48. The number of benzene rings is 1. The molecule has 1 saturated heterocycles. The molecule has 2 rings (SSSR count). The maximum Gasteiger partial charge on any atom is 0.341 e. The summed E-state index contributed by atoms with van der Waals surface area (Å²) >= 11 is 0. The van der Waals surface area contributed by atoms with E-state index in [-0.39, 0.29) is 10.9 Å². The van der Waals surface area contributed by atoms with Gasteiger partial charge in [-0.15, -0.1) is 0 Å². The average molecular weight is 301 g/mol. The molecular formula is C12H15NO6S. The van der Waals surface area contributed by atoms with Crippen LogP contribution in [0.4, 0.5) is 0 Å². The van der Waals surface area contributed by atoms with Crippen molar-refractivity contribution in [2.24, 2.45) is 0 Å². The number of carboxylic acids is 1. The van der Waals surface area contributed by atoms with E-state index in [1.807, 2.05) is 0 Å².